The number of amides is 1. The maximum Gasteiger partial charge on any atom is 0.335 e. The van der Waals surface area contributed by atoms with Gasteiger partial charge in [-0.3, -0.25) is 4.79 Å². The smallest absolute Gasteiger partial charge is 0.335 e. The van der Waals surface area contributed by atoms with Gasteiger partial charge < -0.3 is 19.9 Å². The third kappa shape index (κ3) is 5.56. The number of anilines is 1. The molecule has 1 amide bonds. The lowest BCUT2D eigenvalue weighted by molar-refractivity contribution is -0.116. The zero-order chi connectivity index (χ0) is 18.9. The molecular weight excluding hydrogens is 341 g/mol. The summed E-state index contributed by atoms with van der Waals surface area (Å²) in [5.74, 6) is -1.88. The van der Waals surface area contributed by atoms with Crippen LogP contribution >= 0.6 is 0 Å². The summed E-state index contributed by atoms with van der Waals surface area (Å²) in [4.78, 5) is 23.2. The van der Waals surface area contributed by atoms with Gasteiger partial charge in [0.2, 0.25) is 5.91 Å². The molecule has 2 aromatic carbocycles. The van der Waals surface area contributed by atoms with Gasteiger partial charge in [-0.2, -0.15) is 0 Å². The molecule has 26 heavy (non-hydrogen) atoms. The van der Waals surface area contributed by atoms with Gasteiger partial charge >= 0.3 is 5.97 Å². The van der Waals surface area contributed by atoms with Crippen LogP contribution in [0.25, 0.3) is 0 Å². The van der Waals surface area contributed by atoms with E-state index in [9.17, 15) is 14.0 Å². The molecule has 7 heteroatoms. The van der Waals surface area contributed by atoms with Gasteiger partial charge in [0.05, 0.1) is 12.2 Å². The first-order valence-corrected chi connectivity index (χ1v) is 8.03. The Morgan fingerprint density at radius 1 is 1.15 bits per heavy atom. The number of rotatable bonds is 9. The van der Waals surface area contributed by atoms with Crippen molar-refractivity contribution in [3.05, 3.63) is 59.4 Å². The molecule has 138 valence electrons. The Kier molecular flexibility index (Phi) is 7.11. The number of benzene rings is 2. The van der Waals surface area contributed by atoms with Crippen LogP contribution in [0.15, 0.2) is 42.5 Å². The van der Waals surface area contributed by atoms with Crippen molar-refractivity contribution in [3.8, 4) is 5.75 Å². The van der Waals surface area contributed by atoms with Gasteiger partial charge in [0.15, 0.2) is 11.6 Å². The molecule has 0 unspecified atom stereocenters. The molecule has 0 aliphatic rings. The first-order valence-electron chi connectivity index (χ1n) is 8.03. The molecule has 0 aliphatic carbocycles. The minimum Gasteiger partial charge on any atom is -0.488 e. The Labute approximate surface area is 150 Å². The highest BCUT2D eigenvalue weighted by molar-refractivity contribution is 5.92. The van der Waals surface area contributed by atoms with Crippen molar-refractivity contribution in [1.82, 2.24) is 0 Å². The highest BCUT2D eigenvalue weighted by Crippen LogP contribution is 2.21. The average Bonchev–Trinajstić information content (AvgIpc) is 2.62. The summed E-state index contributed by atoms with van der Waals surface area (Å²) in [5.41, 5.74) is 1.05. The minimum absolute atomic E-state index is 0.0791. The van der Waals surface area contributed by atoms with Gasteiger partial charge in [-0.25, -0.2) is 9.18 Å². The van der Waals surface area contributed by atoms with Crippen LogP contribution in [0, 0.1) is 5.82 Å². The maximum absolute atomic E-state index is 13.9. The third-order valence-electron chi connectivity index (χ3n) is 3.63. The van der Waals surface area contributed by atoms with Crippen LogP contribution in [0.4, 0.5) is 10.1 Å². The summed E-state index contributed by atoms with van der Waals surface area (Å²) < 4.78 is 24.0. The van der Waals surface area contributed by atoms with E-state index in [1.54, 1.807) is 18.2 Å². The summed E-state index contributed by atoms with van der Waals surface area (Å²) in [6, 6.07) is 10.7. The second-order valence-corrected chi connectivity index (χ2v) is 5.50. The van der Waals surface area contributed by atoms with Crippen LogP contribution < -0.4 is 10.1 Å². The lowest BCUT2D eigenvalue weighted by Gasteiger charge is -2.10. The van der Waals surface area contributed by atoms with Gasteiger partial charge in [0, 0.05) is 25.3 Å². The molecule has 0 bridgehead atoms. The van der Waals surface area contributed by atoms with Crippen molar-refractivity contribution in [2.45, 2.75) is 12.8 Å². The Balaban J connectivity index is 1.92. The van der Waals surface area contributed by atoms with E-state index in [0.29, 0.717) is 17.9 Å². The molecule has 2 rings (SSSR count). The Morgan fingerprint density at radius 3 is 2.62 bits per heavy atom. The number of aryl methyl sites for hydroxylation is 1. The zero-order valence-electron chi connectivity index (χ0n) is 14.3. The Morgan fingerprint density at radius 2 is 1.92 bits per heavy atom. The predicted molar refractivity (Wildman–Crippen MR) is 94.1 cm³/mol. The molecule has 0 atom stereocenters. The summed E-state index contributed by atoms with van der Waals surface area (Å²) in [5, 5.41) is 11.7. The van der Waals surface area contributed by atoms with Crippen molar-refractivity contribution in [2.75, 3.05) is 25.6 Å². The fourth-order valence-corrected chi connectivity index (χ4v) is 2.35. The van der Waals surface area contributed by atoms with Crippen LogP contribution in [-0.4, -0.2) is 37.3 Å². The second-order valence-electron chi connectivity index (χ2n) is 5.50. The van der Waals surface area contributed by atoms with Crippen LogP contribution in [-0.2, 0) is 16.0 Å². The van der Waals surface area contributed by atoms with Crippen molar-refractivity contribution >= 4 is 17.6 Å². The molecule has 0 aromatic heterocycles. The van der Waals surface area contributed by atoms with Crippen molar-refractivity contribution < 1.29 is 28.6 Å². The minimum atomic E-state index is -1.04. The number of carbonyl (C=O) groups is 2. The molecule has 6 nitrogen and oxygen atoms in total. The van der Waals surface area contributed by atoms with Crippen LogP contribution in [0.2, 0.25) is 0 Å². The summed E-state index contributed by atoms with van der Waals surface area (Å²) >= 11 is 0. The number of ether oxygens (including phenoxy) is 2. The van der Waals surface area contributed by atoms with Gasteiger partial charge in [-0.1, -0.05) is 18.2 Å². The molecule has 0 aliphatic heterocycles. The lowest BCUT2D eigenvalue weighted by atomic mass is 10.0. The largest absolute Gasteiger partial charge is 0.488 e. The molecule has 0 saturated heterocycles. The number of hydrogen-bond donors (Lipinski definition) is 2. The fourth-order valence-electron chi connectivity index (χ4n) is 2.35. The highest BCUT2D eigenvalue weighted by Gasteiger charge is 2.12. The molecule has 0 radical (unpaired) electrons. The fraction of sp³-hybridized carbons (Fsp3) is 0.263. The highest BCUT2D eigenvalue weighted by atomic mass is 19.1. The lowest BCUT2D eigenvalue weighted by Crippen LogP contribution is -2.14. The van der Waals surface area contributed by atoms with Gasteiger partial charge in [0.25, 0.3) is 0 Å². The predicted octanol–water partition coefficient (Wildman–Crippen LogP) is 3.12. The number of aromatic carboxylic acids is 1. The number of carboxylic acid groups (broad SMARTS) is 1. The van der Waals surface area contributed by atoms with E-state index in [0.717, 1.165) is 0 Å². The van der Waals surface area contributed by atoms with E-state index in [-0.39, 0.29) is 36.7 Å². The van der Waals surface area contributed by atoms with E-state index in [1.165, 1.54) is 31.4 Å². The van der Waals surface area contributed by atoms with E-state index >= 15 is 0 Å². The monoisotopic (exact) mass is 361 g/mol. The molecule has 2 aromatic rings. The Bertz CT molecular complexity index is 778. The first kappa shape index (κ1) is 19.4. The molecular formula is C19H20FNO5. The Hall–Kier alpha value is -2.93. The van der Waals surface area contributed by atoms with Gasteiger partial charge in [0.1, 0.15) is 6.61 Å². The van der Waals surface area contributed by atoms with Crippen molar-refractivity contribution in [3.63, 3.8) is 0 Å². The summed E-state index contributed by atoms with van der Waals surface area (Å²) in [7, 11) is 1.52. The number of methoxy groups -OCH3 is 1. The molecule has 0 spiro atoms. The van der Waals surface area contributed by atoms with Gasteiger partial charge in [-0.15, -0.1) is 0 Å². The molecule has 2 N–H and O–H groups in total. The number of carbonyl (C=O) groups excluding carboxylic acids is 1. The van der Waals surface area contributed by atoms with E-state index in [1.807, 2.05) is 0 Å². The quantitative estimate of drug-likeness (QED) is 0.671. The second kappa shape index (κ2) is 9.53. The zero-order valence-corrected chi connectivity index (χ0v) is 14.3. The van der Waals surface area contributed by atoms with Crippen LogP contribution in [0.1, 0.15) is 22.3 Å². The number of hydrogen-bond acceptors (Lipinski definition) is 4. The molecule has 0 fully saturated rings. The standard InChI is InChI=1S/C19H20FNO5/c1-25-10-11-26-17-8-7-14(12-16(17)20)21-18(22)9-6-13-4-2-3-5-15(13)19(23)24/h2-5,7-8,12H,6,9-11H2,1H3,(H,21,22)(H,23,24). The van der Waals surface area contributed by atoms with Crippen molar-refractivity contribution in [1.29, 1.82) is 0 Å². The van der Waals surface area contributed by atoms with E-state index in [4.69, 9.17) is 14.6 Å². The average molecular weight is 361 g/mol. The SMILES string of the molecule is COCCOc1ccc(NC(=O)CCc2ccccc2C(=O)O)cc1F. The molecule has 0 heterocycles. The van der Waals surface area contributed by atoms with Gasteiger partial charge in [-0.05, 0) is 30.2 Å². The van der Waals surface area contributed by atoms with Crippen LogP contribution in [0.3, 0.4) is 0 Å². The number of carboxylic acids is 1. The van der Waals surface area contributed by atoms with Crippen LogP contribution in [0.5, 0.6) is 5.75 Å². The molecule has 0 saturated carbocycles. The maximum atomic E-state index is 13.9. The number of nitrogens with one attached hydrogen (secondary N) is 1. The summed E-state index contributed by atoms with van der Waals surface area (Å²) in [6.07, 6.45) is 0.354. The number of halogens is 1. The third-order valence-corrected chi connectivity index (χ3v) is 3.63. The first-order chi connectivity index (χ1) is 12.5. The van der Waals surface area contributed by atoms with E-state index in [2.05, 4.69) is 5.32 Å². The van der Waals surface area contributed by atoms with Crippen molar-refractivity contribution in [2.24, 2.45) is 0 Å². The van der Waals surface area contributed by atoms with E-state index < -0.39 is 11.8 Å². The normalized spacial score (nSPS) is 10.4. The summed E-state index contributed by atoms with van der Waals surface area (Å²) in [6.45, 7) is 0.567. The topological polar surface area (TPSA) is 84.9 Å².